The minimum absolute atomic E-state index is 0.0201. The molecule has 0 aliphatic carbocycles. The smallest absolute Gasteiger partial charge is 0.333 e. The van der Waals surface area contributed by atoms with Crippen LogP contribution in [0.1, 0.15) is 79.6 Å². The number of aliphatic hydroxyl groups excluding tert-OH is 1. The lowest BCUT2D eigenvalue weighted by molar-refractivity contribution is -0.146. The van der Waals surface area contributed by atoms with Gasteiger partial charge < -0.3 is 30.0 Å². The van der Waals surface area contributed by atoms with Crippen molar-refractivity contribution in [1.82, 2.24) is 10.6 Å². The van der Waals surface area contributed by atoms with Gasteiger partial charge in [-0.05, 0) is 65.2 Å². The number of ether oxygens (including phenoxy) is 3. The van der Waals surface area contributed by atoms with E-state index < -0.39 is 18.6 Å². The number of amides is 2. The third-order valence-electron chi connectivity index (χ3n) is 8.15. The summed E-state index contributed by atoms with van der Waals surface area (Å²) >= 11 is 0. The molecule has 1 aliphatic heterocycles. The minimum atomic E-state index is -0.955. The van der Waals surface area contributed by atoms with E-state index >= 15 is 0 Å². The molecular weight excluding hydrogens is 608 g/mol. The first-order chi connectivity index (χ1) is 23.0. The average Bonchev–Trinajstić information content (AvgIpc) is 3.06. The van der Waals surface area contributed by atoms with Crippen LogP contribution in [0.2, 0.25) is 0 Å². The fourth-order valence-corrected chi connectivity index (χ4v) is 5.11. The predicted molar refractivity (Wildman–Crippen MR) is 193 cm³/mol. The van der Waals surface area contributed by atoms with Crippen molar-refractivity contribution in [3.63, 3.8) is 0 Å². The molecule has 0 fully saturated rings. The Kier molecular flexibility index (Phi) is 22.6. The summed E-state index contributed by atoms with van der Waals surface area (Å²) in [6.45, 7) is 9.97. The number of methoxy groups -OCH3 is 2. The topological polar surface area (TPSA) is 123 Å². The van der Waals surface area contributed by atoms with Crippen molar-refractivity contribution >= 4 is 18.3 Å². The molecule has 1 aliphatic rings. The van der Waals surface area contributed by atoms with Crippen LogP contribution in [0.4, 0.5) is 0 Å². The summed E-state index contributed by atoms with van der Waals surface area (Å²) in [7, 11) is 3.43. The van der Waals surface area contributed by atoms with Gasteiger partial charge in [-0.2, -0.15) is 0 Å². The van der Waals surface area contributed by atoms with Crippen LogP contribution in [-0.2, 0) is 28.6 Å². The SMILES string of the molecule is CO[C@@H]1C=C(C)C=C[C@@H](C)C=C(C)C(=O)O[C@H](CCCCCNC(=O)[C@H](CO)NC=O)[C@@H](C)C=CC=C[C@@H](OC)CCC=C(C)C=CC1. The van der Waals surface area contributed by atoms with Crippen molar-refractivity contribution in [3.8, 4) is 0 Å². The van der Waals surface area contributed by atoms with Crippen molar-refractivity contribution < 1.29 is 33.7 Å². The van der Waals surface area contributed by atoms with E-state index in [0.717, 1.165) is 37.7 Å². The van der Waals surface area contributed by atoms with Crippen LogP contribution in [0.3, 0.4) is 0 Å². The van der Waals surface area contributed by atoms with Gasteiger partial charge in [0.15, 0.2) is 0 Å². The molecule has 0 bridgehead atoms. The van der Waals surface area contributed by atoms with E-state index in [0.29, 0.717) is 31.4 Å². The van der Waals surface area contributed by atoms with Gasteiger partial charge in [-0.25, -0.2) is 4.79 Å². The zero-order valence-electron chi connectivity index (χ0n) is 30.2. The van der Waals surface area contributed by atoms with Crippen molar-refractivity contribution in [2.45, 2.75) is 104 Å². The average molecular weight is 669 g/mol. The highest BCUT2D eigenvalue weighted by molar-refractivity contribution is 5.88. The Hall–Kier alpha value is -3.53. The Balaban J connectivity index is 3.09. The van der Waals surface area contributed by atoms with Gasteiger partial charge in [0, 0.05) is 32.3 Å². The molecule has 9 nitrogen and oxygen atoms in total. The second-order valence-corrected chi connectivity index (χ2v) is 12.4. The van der Waals surface area contributed by atoms with Crippen LogP contribution in [-0.4, -0.2) is 75.1 Å². The fraction of sp³-hybridized carbons (Fsp3) is 0.564. The molecule has 6 atom stereocenters. The molecule has 1 rings (SSSR count). The molecule has 1 heterocycles. The Morgan fingerprint density at radius 3 is 2.42 bits per heavy atom. The first-order valence-corrected chi connectivity index (χ1v) is 17.1. The Labute approximate surface area is 288 Å². The van der Waals surface area contributed by atoms with Gasteiger partial charge in [0.05, 0.1) is 18.8 Å². The monoisotopic (exact) mass is 668 g/mol. The summed E-state index contributed by atoms with van der Waals surface area (Å²) in [6.07, 6.45) is 28.2. The molecular formula is C39H60N2O7. The van der Waals surface area contributed by atoms with Gasteiger partial charge in [0.1, 0.15) is 12.1 Å². The number of hydrogen-bond acceptors (Lipinski definition) is 7. The maximum atomic E-state index is 13.2. The van der Waals surface area contributed by atoms with Crippen LogP contribution in [0, 0.1) is 11.8 Å². The van der Waals surface area contributed by atoms with Gasteiger partial charge in [-0.1, -0.05) is 98.3 Å². The first-order valence-electron chi connectivity index (χ1n) is 17.1. The molecule has 268 valence electrons. The standard InChI is InChI=1S/C39H60N2O7/c1-29-15-13-19-34(46-6)18-11-10-17-32(4)37(21-9-8-12-24-40-38(44)36(27-42)41-28-43)48-39(45)33(5)25-30(2)22-23-31(3)26-35(47-7)20-14-16-29/h10-11,14-18,22-23,25-26,28,30,32,34-37,42H,8-9,12-13,19-21,24,27H2,1-7H3,(H,40,44)(H,41,43)/t30-,32+,34-,35+,36+,37-/m1/s1. The van der Waals surface area contributed by atoms with Crippen molar-refractivity contribution in [3.05, 3.63) is 83.6 Å². The minimum Gasteiger partial charge on any atom is -0.458 e. The normalized spacial score (nSPS) is 24.4. The number of nitrogens with one attached hydrogen (secondary N) is 2. The summed E-state index contributed by atoms with van der Waals surface area (Å²) in [5.41, 5.74) is 2.85. The lowest BCUT2D eigenvalue weighted by Crippen LogP contribution is -2.46. The van der Waals surface area contributed by atoms with Crippen LogP contribution in [0.25, 0.3) is 0 Å². The molecule has 2 amide bonds. The number of cyclic esters (lactones) is 1. The second kappa shape index (κ2) is 25.5. The van der Waals surface area contributed by atoms with Crippen LogP contribution in [0.5, 0.6) is 0 Å². The van der Waals surface area contributed by atoms with Crippen LogP contribution in [0.15, 0.2) is 83.6 Å². The number of aliphatic hydroxyl groups is 1. The van der Waals surface area contributed by atoms with Gasteiger partial charge in [0.25, 0.3) is 0 Å². The number of unbranched alkanes of at least 4 members (excludes halogenated alkanes) is 2. The first kappa shape index (κ1) is 42.5. The van der Waals surface area contributed by atoms with Crippen LogP contribution < -0.4 is 10.6 Å². The summed E-state index contributed by atoms with van der Waals surface area (Å²) < 4.78 is 17.4. The number of carbonyl (C=O) groups is 3. The molecule has 0 unspecified atom stereocenters. The molecule has 0 aromatic carbocycles. The summed E-state index contributed by atoms with van der Waals surface area (Å²) in [5, 5.41) is 14.3. The van der Waals surface area contributed by atoms with Gasteiger partial charge in [-0.15, -0.1) is 0 Å². The van der Waals surface area contributed by atoms with Crippen LogP contribution >= 0.6 is 0 Å². The van der Waals surface area contributed by atoms with Gasteiger partial charge >= 0.3 is 5.97 Å². The molecule has 0 saturated heterocycles. The number of carbonyl (C=O) groups excluding carboxylic acids is 3. The highest BCUT2D eigenvalue weighted by atomic mass is 16.5. The Morgan fingerprint density at radius 2 is 1.73 bits per heavy atom. The summed E-state index contributed by atoms with van der Waals surface area (Å²) in [6, 6.07) is -0.955. The Bertz CT molecular complexity index is 1180. The van der Waals surface area contributed by atoms with E-state index in [-0.39, 0.29) is 36.1 Å². The van der Waals surface area contributed by atoms with Crippen molar-refractivity contribution in [2.75, 3.05) is 27.4 Å². The summed E-state index contributed by atoms with van der Waals surface area (Å²) in [5.74, 6) is -0.768. The number of esters is 1. The third kappa shape index (κ3) is 18.7. The maximum Gasteiger partial charge on any atom is 0.333 e. The molecule has 0 saturated carbocycles. The molecule has 9 heteroatoms. The fourth-order valence-electron chi connectivity index (χ4n) is 5.11. The van der Waals surface area contributed by atoms with E-state index in [1.165, 1.54) is 5.57 Å². The quantitative estimate of drug-likeness (QED) is 0.128. The predicted octanol–water partition coefficient (Wildman–Crippen LogP) is 6.23. The Morgan fingerprint density at radius 1 is 1.00 bits per heavy atom. The molecule has 3 N–H and O–H groups in total. The molecule has 0 spiro atoms. The van der Waals surface area contributed by atoms with E-state index in [4.69, 9.17) is 14.2 Å². The van der Waals surface area contributed by atoms with Gasteiger partial charge in [0.2, 0.25) is 12.3 Å². The third-order valence-corrected chi connectivity index (χ3v) is 8.15. The van der Waals surface area contributed by atoms with E-state index in [1.54, 1.807) is 21.1 Å². The lowest BCUT2D eigenvalue weighted by Gasteiger charge is -2.22. The number of allylic oxidation sites excluding steroid dienone is 9. The van der Waals surface area contributed by atoms with Gasteiger partial charge in [-0.3, -0.25) is 9.59 Å². The van der Waals surface area contributed by atoms with E-state index in [2.05, 4.69) is 60.1 Å². The summed E-state index contributed by atoms with van der Waals surface area (Å²) in [4.78, 5) is 35.9. The maximum absolute atomic E-state index is 13.2. The number of hydrogen-bond donors (Lipinski definition) is 3. The molecule has 0 radical (unpaired) electrons. The molecule has 48 heavy (non-hydrogen) atoms. The van der Waals surface area contributed by atoms with E-state index in [9.17, 15) is 19.5 Å². The van der Waals surface area contributed by atoms with Crippen molar-refractivity contribution in [1.29, 1.82) is 0 Å². The van der Waals surface area contributed by atoms with Crippen molar-refractivity contribution in [2.24, 2.45) is 11.8 Å². The zero-order chi connectivity index (χ0) is 35.7. The molecule has 0 aromatic rings. The zero-order valence-corrected chi connectivity index (χ0v) is 30.2. The highest BCUT2D eigenvalue weighted by Crippen LogP contribution is 2.20. The number of rotatable bonds is 12. The largest absolute Gasteiger partial charge is 0.458 e. The van der Waals surface area contributed by atoms with E-state index in [1.807, 2.05) is 45.1 Å². The molecule has 0 aromatic heterocycles. The highest BCUT2D eigenvalue weighted by Gasteiger charge is 2.21. The second-order valence-electron chi connectivity index (χ2n) is 12.4. The lowest BCUT2D eigenvalue weighted by atomic mass is 9.97.